The van der Waals surface area contributed by atoms with Crippen LogP contribution in [0.5, 0.6) is 5.75 Å². The maximum atomic E-state index is 11.6. The molecule has 1 amide bonds. The standard InChI is InChI=1S/C10H11N3O5S/c1-17-10(14)13-19(15,16)12-8-4-2-3-5-9(8)18-7-6-11/h2-5,12H,7H2,1H3,(H,13,14). The van der Waals surface area contributed by atoms with Crippen LogP contribution >= 0.6 is 0 Å². The zero-order valence-corrected chi connectivity index (χ0v) is 10.7. The number of rotatable bonds is 5. The Balaban J connectivity index is 2.87. The first-order chi connectivity index (χ1) is 8.98. The molecule has 0 aromatic heterocycles. The van der Waals surface area contributed by atoms with Crippen LogP contribution in [0.4, 0.5) is 10.5 Å². The van der Waals surface area contributed by atoms with Gasteiger partial charge < -0.3 is 9.47 Å². The number of amides is 1. The van der Waals surface area contributed by atoms with Gasteiger partial charge in [-0.1, -0.05) is 12.1 Å². The lowest BCUT2D eigenvalue weighted by atomic mass is 10.3. The van der Waals surface area contributed by atoms with E-state index in [1.54, 1.807) is 22.9 Å². The highest BCUT2D eigenvalue weighted by Crippen LogP contribution is 2.24. The molecule has 0 unspecified atom stereocenters. The van der Waals surface area contributed by atoms with E-state index in [0.29, 0.717) is 0 Å². The Morgan fingerprint density at radius 2 is 2.11 bits per heavy atom. The van der Waals surface area contributed by atoms with Crippen molar-refractivity contribution in [1.82, 2.24) is 4.72 Å². The second-order valence-corrected chi connectivity index (χ2v) is 4.56. The van der Waals surface area contributed by atoms with Crippen molar-refractivity contribution < 1.29 is 22.7 Å². The van der Waals surface area contributed by atoms with Gasteiger partial charge in [-0.05, 0) is 12.1 Å². The average molecular weight is 285 g/mol. The summed E-state index contributed by atoms with van der Waals surface area (Å²) in [6.45, 7) is -0.233. The Bertz CT molecular complexity index is 593. The monoisotopic (exact) mass is 285 g/mol. The van der Waals surface area contributed by atoms with Gasteiger partial charge in [-0.3, -0.25) is 4.72 Å². The predicted molar refractivity (Wildman–Crippen MR) is 65.6 cm³/mol. The van der Waals surface area contributed by atoms with Crippen molar-refractivity contribution in [3.05, 3.63) is 24.3 Å². The summed E-state index contributed by atoms with van der Waals surface area (Å²) >= 11 is 0. The molecule has 0 aliphatic carbocycles. The minimum absolute atomic E-state index is 0.0918. The van der Waals surface area contributed by atoms with Gasteiger partial charge >= 0.3 is 16.3 Å². The summed E-state index contributed by atoms with van der Waals surface area (Å²) in [6.07, 6.45) is -1.12. The van der Waals surface area contributed by atoms with E-state index >= 15 is 0 Å². The highest BCUT2D eigenvalue weighted by Gasteiger charge is 2.16. The van der Waals surface area contributed by atoms with Gasteiger partial charge in [0.1, 0.15) is 11.8 Å². The fourth-order valence-electron chi connectivity index (χ4n) is 1.11. The topological polar surface area (TPSA) is 118 Å². The number of ether oxygens (including phenoxy) is 2. The molecule has 0 saturated heterocycles. The first-order valence-electron chi connectivity index (χ1n) is 4.96. The molecule has 2 N–H and O–H groups in total. The normalized spacial score (nSPS) is 10.1. The van der Waals surface area contributed by atoms with E-state index in [0.717, 1.165) is 7.11 Å². The van der Waals surface area contributed by atoms with Gasteiger partial charge in [0.05, 0.1) is 12.8 Å². The fraction of sp³-hybridized carbons (Fsp3) is 0.200. The second-order valence-electron chi connectivity index (χ2n) is 3.14. The van der Waals surface area contributed by atoms with Gasteiger partial charge in [-0.2, -0.15) is 13.7 Å². The Labute approximate surface area is 110 Å². The highest BCUT2D eigenvalue weighted by atomic mass is 32.2. The highest BCUT2D eigenvalue weighted by molar-refractivity contribution is 7.91. The molecule has 9 heteroatoms. The number of carbonyl (C=O) groups excluding carboxylic acids is 1. The lowest BCUT2D eigenvalue weighted by Crippen LogP contribution is -2.35. The smallest absolute Gasteiger partial charge is 0.422 e. The van der Waals surface area contributed by atoms with E-state index in [4.69, 9.17) is 10.00 Å². The van der Waals surface area contributed by atoms with E-state index in [2.05, 4.69) is 9.46 Å². The number of para-hydroxylation sites is 2. The molecule has 8 nitrogen and oxygen atoms in total. The van der Waals surface area contributed by atoms with Crippen LogP contribution in [0.1, 0.15) is 0 Å². The van der Waals surface area contributed by atoms with E-state index in [1.165, 1.54) is 12.1 Å². The molecule has 102 valence electrons. The van der Waals surface area contributed by atoms with Crippen LogP contribution in [0.3, 0.4) is 0 Å². The van der Waals surface area contributed by atoms with E-state index in [9.17, 15) is 13.2 Å². The zero-order valence-electron chi connectivity index (χ0n) is 9.91. The number of carbonyl (C=O) groups is 1. The first kappa shape index (κ1) is 14.6. The summed E-state index contributed by atoms with van der Waals surface area (Å²) in [4.78, 5) is 10.8. The molecule has 0 fully saturated rings. The zero-order chi connectivity index (χ0) is 14.3. The van der Waals surface area contributed by atoms with Gasteiger partial charge in [0, 0.05) is 0 Å². The minimum atomic E-state index is -4.13. The van der Waals surface area contributed by atoms with Crippen molar-refractivity contribution in [2.24, 2.45) is 0 Å². The first-order valence-corrected chi connectivity index (χ1v) is 6.44. The Kier molecular flexibility index (Phi) is 4.96. The number of hydrogen-bond donors (Lipinski definition) is 2. The van der Waals surface area contributed by atoms with Crippen molar-refractivity contribution in [3.63, 3.8) is 0 Å². The van der Waals surface area contributed by atoms with Gasteiger partial charge in [0.15, 0.2) is 6.61 Å². The van der Waals surface area contributed by atoms with Gasteiger partial charge in [0.2, 0.25) is 0 Å². The van der Waals surface area contributed by atoms with E-state index in [1.807, 2.05) is 0 Å². The summed E-state index contributed by atoms with van der Waals surface area (Å²) < 4.78 is 36.0. The van der Waals surface area contributed by atoms with Gasteiger partial charge in [-0.15, -0.1) is 0 Å². The van der Waals surface area contributed by atoms with Crippen LogP contribution in [0.25, 0.3) is 0 Å². The third kappa shape index (κ3) is 4.72. The van der Waals surface area contributed by atoms with Crippen LogP contribution in [0.15, 0.2) is 24.3 Å². The summed E-state index contributed by atoms with van der Waals surface area (Å²) in [5.41, 5.74) is 0.0918. The Morgan fingerprint density at radius 1 is 1.42 bits per heavy atom. The number of benzene rings is 1. The molecule has 19 heavy (non-hydrogen) atoms. The number of hydrogen-bond acceptors (Lipinski definition) is 6. The molecular weight excluding hydrogens is 274 g/mol. The van der Waals surface area contributed by atoms with Crippen molar-refractivity contribution in [3.8, 4) is 11.8 Å². The Hall–Kier alpha value is -2.47. The molecule has 1 rings (SSSR count). The van der Waals surface area contributed by atoms with Crippen LogP contribution in [0.2, 0.25) is 0 Å². The van der Waals surface area contributed by atoms with Crippen LogP contribution in [-0.2, 0) is 14.9 Å². The number of nitrogens with zero attached hydrogens (tertiary/aromatic N) is 1. The average Bonchev–Trinajstić information content (AvgIpc) is 2.36. The molecule has 0 bridgehead atoms. The van der Waals surface area contributed by atoms with Crippen molar-refractivity contribution in [1.29, 1.82) is 5.26 Å². The van der Waals surface area contributed by atoms with Crippen molar-refractivity contribution >= 4 is 22.0 Å². The van der Waals surface area contributed by atoms with Crippen LogP contribution in [0, 0.1) is 11.3 Å². The fourth-order valence-corrected chi connectivity index (χ4v) is 1.92. The number of anilines is 1. The molecule has 0 saturated carbocycles. The molecule has 0 spiro atoms. The second kappa shape index (κ2) is 6.46. The molecule has 1 aromatic rings. The third-order valence-corrected chi connectivity index (χ3v) is 2.75. The largest absolute Gasteiger partial charge is 0.477 e. The third-order valence-electron chi connectivity index (χ3n) is 1.83. The lowest BCUT2D eigenvalue weighted by Gasteiger charge is -2.12. The predicted octanol–water partition coefficient (Wildman–Crippen LogP) is 0.602. The maximum Gasteiger partial charge on any atom is 0.422 e. The van der Waals surface area contributed by atoms with Gasteiger partial charge in [-0.25, -0.2) is 9.52 Å². The summed E-state index contributed by atoms with van der Waals surface area (Å²) in [7, 11) is -3.09. The van der Waals surface area contributed by atoms with Crippen LogP contribution in [-0.4, -0.2) is 28.2 Å². The summed E-state index contributed by atoms with van der Waals surface area (Å²) in [5.74, 6) is 0.166. The maximum absolute atomic E-state index is 11.6. The lowest BCUT2D eigenvalue weighted by molar-refractivity contribution is 0.177. The molecule has 0 aliphatic rings. The number of nitriles is 1. The molecule has 0 atom stereocenters. The quantitative estimate of drug-likeness (QED) is 0.818. The Morgan fingerprint density at radius 3 is 2.74 bits per heavy atom. The molecule has 0 aliphatic heterocycles. The molecule has 0 heterocycles. The van der Waals surface area contributed by atoms with E-state index < -0.39 is 16.3 Å². The molecule has 0 radical (unpaired) electrons. The molecule has 1 aromatic carbocycles. The summed E-state index contributed by atoms with van der Waals surface area (Å²) in [6, 6.07) is 7.83. The number of nitrogens with one attached hydrogen (secondary N) is 2. The summed E-state index contributed by atoms with van der Waals surface area (Å²) in [5, 5.41) is 8.41. The van der Waals surface area contributed by atoms with E-state index in [-0.39, 0.29) is 18.0 Å². The minimum Gasteiger partial charge on any atom is -0.477 e. The van der Waals surface area contributed by atoms with Crippen LogP contribution < -0.4 is 14.2 Å². The van der Waals surface area contributed by atoms with Crippen molar-refractivity contribution in [2.45, 2.75) is 0 Å². The molecular formula is C10H11N3O5S. The number of methoxy groups -OCH3 is 1. The van der Waals surface area contributed by atoms with Crippen molar-refractivity contribution in [2.75, 3.05) is 18.4 Å². The SMILES string of the molecule is COC(=O)NS(=O)(=O)Nc1ccccc1OCC#N. The van der Waals surface area contributed by atoms with Gasteiger partial charge in [0.25, 0.3) is 0 Å².